The molecule has 0 spiro atoms. The first-order valence-electron chi connectivity index (χ1n) is 4.02. The Morgan fingerprint density at radius 2 is 1.89 bits per heavy atom. The van der Waals surface area contributed by atoms with Gasteiger partial charge in [-0.25, -0.2) is 0 Å². The first kappa shape index (κ1) is 5.72. The van der Waals surface area contributed by atoms with E-state index in [9.17, 15) is 0 Å². The largest absolute Gasteiger partial charge is 0.299 e. The summed E-state index contributed by atoms with van der Waals surface area (Å²) >= 11 is 0. The number of piperidine rings is 1. The van der Waals surface area contributed by atoms with Crippen LogP contribution in [0, 0.1) is 12.5 Å². The normalized spacial score (nSPS) is 42.7. The van der Waals surface area contributed by atoms with Gasteiger partial charge in [-0.15, -0.1) is 0 Å². The fraction of sp³-hybridized carbons (Fsp3) is 0.875. The highest BCUT2D eigenvalue weighted by atomic mass is 15.1. The lowest BCUT2D eigenvalue weighted by Gasteiger charge is -2.25. The van der Waals surface area contributed by atoms with Crippen molar-refractivity contribution in [2.45, 2.75) is 25.7 Å². The van der Waals surface area contributed by atoms with E-state index in [0.29, 0.717) is 0 Å². The standard InChI is InChI=1S/C8H14N/c1-2-8-3-6-9(5-1)7-4-8/h5,8H,1-4,6-7H2. The van der Waals surface area contributed by atoms with E-state index >= 15 is 0 Å². The summed E-state index contributed by atoms with van der Waals surface area (Å²) in [7, 11) is 0. The molecular formula is C8H14N. The van der Waals surface area contributed by atoms with Crippen molar-refractivity contribution in [2.75, 3.05) is 13.1 Å². The van der Waals surface area contributed by atoms with Crippen molar-refractivity contribution in [1.82, 2.24) is 4.90 Å². The summed E-state index contributed by atoms with van der Waals surface area (Å²) in [6.07, 6.45) is 5.70. The molecule has 3 aliphatic heterocycles. The smallest absolute Gasteiger partial charge is 0.0251 e. The Kier molecular flexibility index (Phi) is 1.46. The second-order valence-corrected chi connectivity index (χ2v) is 3.24. The number of fused-ring (bicyclic) bond motifs is 4. The maximum Gasteiger partial charge on any atom is 0.0251 e. The van der Waals surface area contributed by atoms with E-state index in [-0.39, 0.29) is 0 Å². The SMILES string of the molecule is [CH]1CCC2CCN1CC2. The molecule has 0 unspecified atom stereocenters. The molecule has 2 bridgehead atoms. The molecule has 1 radical (unpaired) electrons. The van der Waals surface area contributed by atoms with Crippen molar-refractivity contribution < 1.29 is 0 Å². The summed E-state index contributed by atoms with van der Waals surface area (Å²) in [6.45, 7) is 5.07. The third-order valence-electron chi connectivity index (χ3n) is 2.61. The van der Waals surface area contributed by atoms with E-state index in [1.54, 1.807) is 0 Å². The molecule has 3 aliphatic rings. The zero-order valence-electron chi connectivity index (χ0n) is 5.84. The summed E-state index contributed by atoms with van der Waals surface area (Å²) in [4.78, 5) is 2.49. The Labute approximate surface area is 57.0 Å². The van der Waals surface area contributed by atoms with Crippen LogP contribution in [0.15, 0.2) is 0 Å². The quantitative estimate of drug-likeness (QED) is 0.474. The van der Waals surface area contributed by atoms with Gasteiger partial charge in [-0.3, -0.25) is 4.90 Å². The van der Waals surface area contributed by atoms with E-state index in [0.717, 1.165) is 5.92 Å². The van der Waals surface area contributed by atoms with Crippen molar-refractivity contribution in [1.29, 1.82) is 0 Å². The molecule has 0 amide bonds. The van der Waals surface area contributed by atoms with E-state index in [4.69, 9.17) is 0 Å². The minimum atomic E-state index is 1.07. The van der Waals surface area contributed by atoms with Crippen LogP contribution >= 0.6 is 0 Å². The first-order chi connectivity index (χ1) is 4.45. The zero-order valence-corrected chi connectivity index (χ0v) is 5.84. The van der Waals surface area contributed by atoms with Crippen LogP contribution in [0.5, 0.6) is 0 Å². The Hall–Kier alpha value is -0.0400. The van der Waals surface area contributed by atoms with Gasteiger partial charge < -0.3 is 0 Å². The molecule has 3 rings (SSSR count). The maximum atomic E-state index is 2.49. The number of nitrogens with zero attached hydrogens (tertiary/aromatic N) is 1. The van der Waals surface area contributed by atoms with Gasteiger partial charge in [-0.2, -0.15) is 0 Å². The predicted octanol–water partition coefficient (Wildman–Crippen LogP) is 1.65. The molecular weight excluding hydrogens is 110 g/mol. The maximum absolute atomic E-state index is 2.49. The fourth-order valence-electron chi connectivity index (χ4n) is 1.92. The third kappa shape index (κ3) is 1.11. The molecule has 0 aromatic rings. The molecule has 3 fully saturated rings. The van der Waals surface area contributed by atoms with Gasteiger partial charge in [0.05, 0.1) is 0 Å². The highest BCUT2D eigenvalue weighted by Gasteiger charge is 2.22. The van der Waals surface area contributed by atoms with Crippen LogP contribution in [0.1, 0.15) is 25.7 Å². The Morgan fingerprint density at radius 3 is 2.67 bits per heavy atom. The number of rotatable bonds is 0. The molecule has 0 aliphatic carbocycles. The summed E-state index contributed by atoms with van der Waals surface area (Å²) in [5, 5.41) is 0. The molecule has 0 aromatic heterocycles. The van der Waals surface area contributed by atoms with Gasteiger partial charge in [0.25, 0.3) is 0 Å². The van der Waals surface area contributed by atoms with E-state index in [2.05, 4.69) is 11.4 Å². The van der Waals surface area contributed by atoms with Crippen LogP contribution in [0.25, 0.3) is 0 Å². The van der Waals surface area contributed by atoms with Crippen molar-refractivity contribution in [3.8, 4) is 0 Å². The van der Waals surface area contributed by atoms with Crippen LogP contribution in [-0.4, -0.2) is 18.0 Å². The van der Waals surface area contributed by atoms with Gasteiger partial charge in [0.2, 0.25) is 0 Å². The fourth-order valence-corrected chi connectivity index (χ4v) is 1.92. The van der Waals surface area contributed by atoms with Gasteiger partial charge >= 0.3 is 0 Å². The number of hydrogen-bond donors (Lipinski definition) is 0. The van der Waals surface area contributed by atoms with Crippen molar-refractivity contribution in [3.05, 3.63) is 6.54 Å². The molecule has 0 saturated carbocycles. The lowest BCUT2D eigenvalue weighted by molar-refractivity contribution is 0.251. The summed E-state index contributed by atoms with van der Waals surface area (Å²) in [5.74, 6) is 1.07. The van der Waals surface area contributed by atoms with Gasteiger partial charge in [-0.1, -0.05) is 0 Å². The minimum Gasteiger partial charge on any atom is -0.299 e. The topological polar surface area (TPSA) is 3.24 Å². The predicted molar refractivity (Wildman–Crippen MR) is 37.8 cm³/mol. The molecule has 9 heavy (non-hydrogen) atoms. The second kappa shape index (κ2) is 2.30. The van der Waals surface area contributed by atoms with E-state index in [1.165, 1.54) is 38.8 Å². The lowest BCUT2D eigenvalue weighted by Crippen LogP contribution is -2.27. The van der Waals surface area contributed by atoms with Crippen molar-refractivity contribution in [3.63, 3.8) is 0 Å². The third-order valence-corrected chi connectivity index (χ3v) is 2.61. The van der Waals surface area contributed by atoms with Gasteiger partial charge in [0.15, 0.2) is 0 Å². The van der Waals surface area contributed by atoms with Gasteiger partial charge in [0.1, 0.15) is 0 Å². The summed E-state index contributed by atoms with van der Waals surface area (Å²) < 4.78 is 0. The molecule has 3 heterocycles. The van der Waals surface area contributed by atoms with Crippen molar-refractivity contribution in [2.24, 2.45) is 5.92 Å². The molecule has 0 atom stereocenters. The van der Waals surface area contributed by atoms with Crippen molar-refractivity contribution >= 4 is 0 Å². The van der Waals surface area contributed by atoms with Crippen LogP contribution in [-0.2, 0) is 0 Å². The minimum absolute atomic E-state index is 1.07. The number of hydrogen-bond acceptors (Lipinski definition) is 1. The van der Waals surface area contributed by atoms with E-state index in [1.807, 2.05) is 0 Å². The van der Waals surface area contributed by atoms with Crippen LogP contribution in [0.3, 0.4) is 0 Å². The molecule has 0 N–H and O–H groups in total. The monoisotopic (exact) mass is 124 g/mol. The average molecular weight is 124 g/mol. The van der Waals surface area contributed by atoms with Gasteiger partial charge in [0, 0.05) is 6.54 Å². The average Bonchev–Trinajstić information content (AvgIpc) is 2.21. The molecule has 1 heteroatoms. The highest BCUT2D eigenvalue weighted by molar-refractivity contribution is 4.82. The van der Waals surface area contributed by atoms with Crippen LogP contribution in [0.2, 0.25) is 0 Å². The Bertz CT molecular complexity index is 75.2. The molecule has 0 aromatic carbocycles. The zero-order chi connectivity index (χ0) is 6.10. The highest BCUT2D eigenvalue weighted by Crippen LogP contribution is 2.27. The molecule has 1 nitrogen and oxygen atoms in total. The van der Waals surface area contributed by atoms with Crippen LogP contribution < -0.4 is 0 Å². The van der Waals surface area contributed by atoms with Crippen LogP contribution in [0.4, 0.5) is 0 Å². The molecule has 51 valence electrons. The van der Waals surface area contributed by atoms with E-state index < -0.39 is 0 Å². The lowest BCUT2D eigenvalue weighted by atomic mass is 9.96. The van der Waals surface area contributed by atoms with Gasteiger partial charge in [-0.05, 0) is 44.7 Å². The Balaban J connectivity index is 2.03. The summed E-state index contributed by atoms with van der Waals surface area (Å²) in [6, 6.07) is 0. The Morgan fingerprint density at radius 1 is 1.11 bits per heavy atom. The summed E-state index contributed by atoms with van der Waals surface area (Å²) in [5.41, 5.74) is 0. The second-order valence-electron chi connectivity index (χ2n) is 3.24. The molecule has 3 saturated heterocycles. The first-order valence-corrected chi connectivity index (χ1v) is 4.02.